The van der Waals surface area contributed by atoms with Crippen LogP contribution in [0.2, 0.25) is 0 Å². The summed E-state index contributed by atoms with van der Waals surface area (Å²) in [7, 11) is -2.95. The summed E-state index contributed by atoms with van der Waals surface area (Å²) in [6, 6.07) is 7.50. The second-order valence-electron chi connectivity index (χ2n) is 8.11. The molecule has 2 aromatic carbocycles. The van der Waals surface area contributed by atoms with Gasteiger partial charge in [-0.25, -0.2) is 22.0 Å². The molecule has 0 radical (unpaired) electrons. The maximum Gasteiger partial charge on any atom is 0.414 e. The molecule has 37 heavy (non-hydrogen) atoms. The molecule has 3 N–H and O–H groups in total. The molecule has 1 aliphatic rings. The van der Waals surface area contributed by atoms with Crippen LogP contribution in [0.4, 0.5) is 30.6 Å². The van der Waals surface area contributed by atoms with Gasteiger partial charge in [0.2, 0.25) is 5.91 Å². The first kappa shape index (κ1) is 28.2. The lowest BCUT2D eigenvalue weighted by molar-refractivity contribution is -0.114. The van der Waals surface area contributed by atoms with Gasteiger partial charge in [0.15, 0.2) is 11.6 Å². The fraction of sp³-hybridized carbons (Fsp3) is 0.391. The quantitative estimate of drug-likeness (QED) is 0.414. The summed E-state index contributed by atoms with van der Waals surface area (Å²) in [4.78, 5) is 30.6. The van der Waals surface area contributed by atoms with Crippen LogP contribution in [0.3, 0.4) is 0 Å². The number of halogens is 2. The zero-order valence-corrected chi connectivity index (χ0v) is 21.4. The summed E-state index contributed by atoms with van der Waals surface area (Å²) >= 11 is 0. The molecule has 202 valence electrons. The van der Waals surface area contributed by atoms with Crippen LogP contribution in [0.1, 0.15) is 13.8 Å². The maximum absolute atomic E-state index is 15.1. The van der Waals surface area contributed by atoms with E-state index in [0.29, 0.717) is 10.2 Å². The van der Waals surface area contributed by atoms with Gasteiger partial charge < -0.3 is 20.7 Å². The lowest BCUT2D eigenvalue weighted by Gasteiger charge is -2.28. The number of hydrogen-bond acceptors (Lipinski definition) is 8. The highest BCUT2D eigenvalue weighted by molar-refractivity contribution is 7.89. The number of nitrogens with two attached hydrogens (primary N) is 1. The van der Waals surface area contributed by atoms with Gasteiger partial charge in [-0.05, 0) is 31.2 Å². The Morgan fingerprint density at radius 2 is 1.84 bits per heavy atom. The number of ether oxygens (including phenoxy) is 1. The Morgan fingerprint density at radius 1 is 1.22 bits per heavy atom. The first-order chi connectivity index (χ1) is 17.5. The van der Waals surface area contributed by atoms with Gasteiger partial charge in [0, 0.05) is 44.4 Å². The minimum Gasteiger partial charge on any atom is -0.443 e. The van der Waals surface area contributed by atoms with Crippen LogP contribution < -0.4 is 20.9 Å². The number of carbonyl (C=O) groups is 2. The van der Waals surface area contributed by atoms with Crippen molar-refractivity contribution >= 4 is 39.1 Å². The van der Waals surface area contributed by atoms with E-state index in [1.54, 1.807) is 6.92 Å². The number of anilines is 3. The molecule has 1 heterocycles. The van der Waals surface area contributed by atoms with E-state index in [0.717, 1.165) is 17.0 Å². The number of sulfonamides is 1. The Balaban J connectivity index is 1.77. The lowest BCUT2D eigenvalue weighted by Crippen LogP contribution is -2.38. The van der Waals surface area contributed by atoms with E-state index in [2.05, 4.69) is 5.32 Å². The average Bonchev–Trinajstić information content (AvgIpc) is 3.23. The van der Waals surface area contributed by atoms with Crippen molar-refractivity contribution in [3.05, 3.63) is 48.0 Å². The van der Waals surface area contributed by atoms with Crippen LogP contribution in [-0.4, -0.2) is 70.8 Å². The fourth-order valence-corrected chi connectivity index (χ4v) is 5.07. The van der Waals surface area contributed by atoms with Gasteiger partial charge in [0.1, 0.15) is 11.8 Å². The van der Waals surface area contributed by atoms with E-state index in [1.165, 1.54) is 43.2 Å². The minimum atomic E-state index is -4.12. The SMILES string of the molecule is CCN(CCN(OC)S(=O)(=O)c1ccc(NC(C)=O)cc1)c1c(F)cc(N2C[C@H](CN)OC2=O)cc1F. The summed E-state index contributed by atoms with van der Waals surface area (Å²) in [5.74, 6) is -2.16. The highest BCUT2D eigenvalue weighted by Gasteiger charge is 2.33. The molecule has 14 heteroatoms. The fourth-order valence-electron chi connectivity index (χ4n) is 3.84. The molecular weight excluding hydrogens is 512 g/mol. The third kappa shape index (κ3) is 6.33. The number of nitrogens with one attached hydrogen (secondary N) is 1. The number of cyclic esters (lactones) is 1. The second-order valence-corrected chi connectivity index (χ2v) is 9.94. The zero-order valence-electron chi connectivity index (χ0n) is 20.6. The molecule has 2 amide bonds. The predicted molar refractivity (Wildman–Crippen MR) is 133 cm³/mol. The average molecular weight is 542 g/mol. The van der Waals surface area contributed by atoms with Gasteiger partial charge in [-0.1, -0.05) is 4.47 Å². The van der Waals surface area contributed by atoms with Gasteiger partial charge >= 0.3 is 6.09 Å². The Morgan fingerprint density at radius 3 is 2.32 bits per heavy atom. The lowest BCUT2D eigenvalue weighted by atomic mass is 10.2. The number of hydroxylamine groups is 1. The van der Waals surface area contributed by atoms with Crippen LogP contribution >= 0.6 is 0 Å². The molecule has 0 spiro atoms. The van der Waals surface area contributed by atoms with Crippen molar-refractivity contribution in [2.24, 2.45) is 5.73 Å². The normalized spacial score (nSPS) is 15.7. The molecule has 0 aliphatic carbocycles. The van der Waals surface area contributed by atoms with E-state index in [-0.39, 0.29) is 54.9 Å². The van der Waals surface area contributed by atoms with Gasteiger partial charge in [-0.3, -0.25) is 14.5 Å². The summed E-state index contributed by atoms with van der Waals surface area (Å²) in [5.41, 5.74) is 5.54. The molecule has 0 saturated carbocycles. The van der Waals surface area contributed by atoms with E-state index in [9.17, 15) is 18.0 Å². The predicted octanol–water partition coefficient (Wildman–Crippen LogP) is 2.29. The van der Waals surface area contributed by atoms with Crippen molar-refractivity contribution in [3.63, 3.8) is 0 Å². The topological polar surface area (TPSA) is 135 Å². The Labute approximate surface area is 213 Å². The van der Waals surface area contributed by atoms with Gasteiger partial charge in [0.05, 0.1) is 30.8 Å². The number of rotatable bonds is 11. The van der Waals surface area contributed by atoms with Crippen molar-refractivity contribution < 1.29 is 36.4 Å². The first-order valence-electron chi connectivity index (χ1n) is 11.4. The first-order valence-corrected chi connectivity index (χ1v) is 12.8. The van der Waals surface area contributed by atoms with Crippen LogP contribution in [0.15, 0.2) is 41.3 Å². The number of benzene rings is 2. The van der Waals surface area contributed by atoms with E-state index < -0.39 is 33.9 Å². The molecule has 0 bridgehead atoms. The standard InChI is InChI=1S/C23H29F2N5O6S/c1-4-28(22-20(24)11-17(12-21(22)25)29-14-18(13-26)36-23(29)32)9-10-30(35-3)37(33,34)19-7-5-16(6-8-19)27-15(2)31/h5-8,11-12,18H,4,9-10,13-14,26H2,1-3H3,(H,27,31)/t18-/m0/s1. The highest BCUT2D eigenvalue weighted by atomic mass is 32.2. The van der Waals surface area contributed by atoms with Crippen molar-refractivity contribution in [1.82, 2.24) is 4.47 Å². The number of amides is 2. The highest BCUT2D eigenvalue weighted by Crippen LogP contribution is 2.31. The number of nitrogens with zero attached hydrogens (tertiary/aromatic N) is 3. The summed E-state index contributed by atoms with van der Waals surface area (Å²) in [6.45, 7) is 2.91. The van der Waals surface area contributed by atoms with E-state index in [1.807, 2.05) is 0 Å². The van der Waals surface area contributed by atoms with Crippen molar-refractivity contribution in [2.45, 2.75) is 24.8 Å². The van der Waals surface area contributed by atoms with Crippen LogP contribution in [0.25, 0.3) is 0 Å². The van der Waals surface area contributed by atoms with Crippen molar-refractivity contribution in [1.29, 1.82) is 0 Å². The molecule has 1 aliphatic heterocycles. The number of hydrogen-bond donors (Lipinski definition) is 2. The van der Waals surface area contributed by atoms with Crippen LogP contribution in [0.5, 0.6) is 0 Å². The molecule has 11 nitrogen and oxygen atoms in total. The van der Waals surface area contributed by atoms with Crippen molar-refractivity contribution in [3.8, 4) is 0 Å². The largest absolute Gasteiger partial charge is 0.443 e. The minimum absolute atomic E-state index is 0.0143. The van der Waals surface area contributed by atoms with Gasteiger partial charge in [0.25, 0.3) is 10.0 Å². The molecular formula is C23H29F2N5O6S. The number of likely N-dealkylation sites (N-methyl/N-ethyl adjacent to an activating group) is 1. The van der Waals surface area contributed by atoms with Gasteiger partial charge in [-0.2, -0.15) is 0 Å². The molecule has 3 rings (SSSR count). The molecule has 0 aromatic heterocycles. The maximum atomic E-state index is 15.1. The third-order valence-corrected chi connectivity index (χ3v) is 7.38. The van der Waals surface area contributed by atoms with Crippen molar-refractivity contribution in [2.75, 3.05) is 55.0 Å². The Kier molecular flexibility index (Phi) is 9.02. The third-order valence-electron chi connectivity index (χ3n) is 5.65. The molecule has 1 fully saturated rings. The van der Waals surface area contributed by atoms with Gasteiger partial charge in [-0.15, -0.1) is 0 Å². The summed E-state index contributed by atoms with van der Waals surface area (Å²) < 4.78 is 61.9. The monoisotopic (exact) mass is 541 g/mol. The Hall–Kier alpha value is -3.33. The molecule has 2 aromatic rings. The van der Waals surface area contributed by atoms with Crippen LogP contribution in [-0.2, 0) is 24.4 Å². The summed E-state index contributed by atoms with van der Waals surface area (Å²) in [6.07, 6.45) is -1.32. The Bertz CT molecular complexity index is 1220. The smallest absolute Gasteiger partial charge is 0.414 e. The number of carbonyl (C=O) groups excluding carboxylic acids is 2. The molecule has 0 unspecified atom stereocenters. The zero-order chi connectivity index (χ0) is 27.3. The second kappa shape index (κ2) is 11.8. The van der Waals surface area contributed by atoms with Crippen LogP contribution in [0, 0.1) is 11.6 Å². The summed E-state index contributed by atoms with van der Waals surface area (Å²) in [5, 5.41) is 2.54. The van der Waals surface area contributed by atoms with E-state index in [4.69, 9.17) is 15.3 Å². The molecule has 1 saturated heterocycles. The molecule has 1 atom stereocenters. The van der Waals surface area contributed by atoms with E-state index >= 15 is 8.78 Å².